The Morgan fingerprint density at radius 2 is 2.05 bits per heavy atom. The van der Waals surface area contributed by atoms with Gasteiger partial charge in [0.15, 0.2) is 5.79 Å². The average molecular weight is 279 g/mol. The predicted octanol–water partition coefficient (Wildman–Crippen LogP) is 1.98. The van der Waals surface area contributed by atoms with Gasteiger partial charge in [-0.1, -0.05) is 0 Å². The van der Waals surface area contributed by atoms with Gasteiger partial charge < -0.3 is 9.47 Å². The van der Waals surface area contributed by atoms with Gasteiger partial charge in [-0.15, -0.1) is 0 Å². The van der Waals surface area contributed by atoms with Crippen molar-refractivity contribution in [2.45, 2.75) is 51.5 Å². The molecule has 0 atom stereocenters. The molecular formula is C15H25N3O2. The maximum Gasteiger partial charge on any atom is 0.181 e. The average Bonchev–Trinajstić information content (AvgIpc) is 2.99. The molecular weight excluding hydrogens is 254 g/mol. The lowest BCUT2D eigenvalue weighted by atomic mass is 10.0. The zero-order valence-corrected chi connectivity index (χ0v) is 12.8. The molecule has 3 rings (SSSR count). The summed E-state index contributed by atoms with van der Waals surface area (Å²) in [6.07, 6.45) is 6.28. The summed E-state index contributed by atoms with van der Waals surface area (Å²) in [5.74, 6) is -0.335. The van der Waals surface area contributed by atoms with E-state index in [4.69, 9.17) is 9.47 Å². The number of hydrogen-bond donors (Lipinski definition) is 0. The van der Waals surface area contributed by atoms with Crippen molar-refractivity contribution in [3.05, 3.63) is 18.0 Å². The van der Waals surface area contributed by atoms with Crippen LogP contribution in [0.1, 0.15) is 39.2 Å². The SMILES string of the molecule is CC(C)(C)n1cc(CN2CCCC3(C2)OCCO3)cn1. The maximum absolute atomic E-state index is 5.82. The summed E-state index contributed by atoms with van der Waals surface area (Å²) in [6.45, 7) is 10.9. The van der Waals surface area contributed by atoms with Gasteiger partial charge in [-0.3, -0.25) is 9.58 Å². The van der Waals surface area contributed by atoms with Crippen molar-refractivity contribution in [1.29, 1.82) is 0 Å². The van der Waals surface area contributed by atoms with E-state index in [-0.39, 0.29) is 11.3 Å². The van der Waals surface area contributed by atoms with Gasteiger partial charge in [-0.05, 0) is 33.7 Å². The summed E-state index contributed by atoms with van der Waals surface area (Å²) in [7, 11) is 0. The number of hydrogen-bond acceptors (Lipinski definition) is 4. The molecule has 2 fully saturated rings. The largest absolute Gasteiger partial charge is 0.346 e. The second kappa shape index (κ2) is 5.13. The van der Waals surface area contributed by atoms with E-state index in [0.29, 0.717) is 0 Å². The van der Waals surface area contributed by atoms with Crippen LogP contribution in [0, 0.1) is 0 Å². The molecule has 0 unspecified atom stereocenters. The van der Waals surface area contributed by atoms with E-state index in [1.54, 1.807) is 0 Å². The topological polar surface area (TPSA) is 39.5 Å². The molecule has 1 aromatic rings. The second-order valence-electron chi connectivity index (χ2n) is 6.89. The van der Waals surface area contributed by atoms with Crippen LogP contribution in [0.4, 0.5) is 0 Å². The highest BCUT2D eigenvalue weighted by Crippen LogP contribution is 2.30. The molecule has 20 heavy (non-hydrogen) atoms. The van der Waals surface area contributed by atoms with E-state index in [0.717, 1.165) is 45.7 Å². The van der Waals surface area contributed by atoms with Crippen molar-refractivity contribution in [1.82, 2.24) is 14.7 Å². The Hall–Kier alpha value is -0.910. The van der Waals surface area contributed by atoms with Crippen LogP contribution in [-0.4, -0.2) is 46.8 Å². The third-order valence-electron chi connectivity index (χ3n) is 4.04. The van der Waals surface area contributed by atoms with Crippen molar-refractivity contribution in [2.24, 2.45) is 0 Å². The molecule has 0 bridgehead atoms. The van der Waals surface area contributed by atoms with Crippen molar-refractivity contribution in [3.8, 4) is 0 Å². The van der Waals surface area contributed by atoms with Crippen LogP contribution in [0.5, 0.6) is 0 Å². The van der Waals surface area contributed by atoms with Crippen LogP contribution in [0.2, 0.25) is 0 Å². The number of rotatable bonds is 2. The van der Waals surface area contributed by atoms with Crippen molar-refractivity contribution in [2.75, 3.05) is 26.3 Å². The van der Waals surface area contributed by atoms with Gasteiger partial charge in [0.1, 0.15) is 0 Å². The lowest BCUT2D eigenvalue weighted by Crippen LogP contribution is -2.48. The van der Waals surface area contributed by atoms with Gasteiger partial charge >= 0.3 is 0 Å². The first-order valence-corrected chi connectivity index (χ1v) is 7.51. The summed E-state index contributed by atoms with van der Waals surface area (Å²) < 4.78 is 13.7. The highest BCUT2D eigenvalue weighted by atomic mass is 16.7. The normalized spacial score (nSPS) is 23.6. The third-order valence-corrected chi connectivity index (χ3v) is 4.04. The second-order valence-corrected chi connectivity index (χ2v) is 6.89. The van der Waals surface area contributed by atoms with E-state index >= 15 is 0 Å². The molecule has 1 aromatic heterocycles. The Balaban J connectivity index is 1.64. The van der Waals surface area contributed by atoms with Crippen LogP contribution in [0.3, 0.4) is 0 Å². The van der Waals surface area contributed by atoms with Gasteiger partial charge in [0, 0.05) is 24.7 Å². The number of likely N-dealkylation sites (tertiary alicyclic amines) is 1. The highest BCUT2D eigenvalue weighted by Gasteiger charge is 2.40. The quantitative estimate of drug-likeness (QED) is 0.830. The Labute approximate surface area is 120 Å². The van der Waals surface area contributed by atoms with Gasteiger partial charge in [0.05, 0.1) is 31.5 Å². The Morgan fingerprint density at radius 3 is 2.70 bits per heavy atom. The van der Waals surface area contributed by atoms with Gasteiger partial charge in [-0.2, -0.15) is 5.10 Å². The van der Waals surface area contributed by atoms with Gasteiger partial charge in [-0.25, -0.2) is 0 Å². The van der Waals surface area contributed by atoms with Crippen LogP contribution < -0.4 is 0 Å². The number of aromatic nitrogens is 2. The molecule has 112 valence electrons. The summed E-state index contributed by atoms with van der Waals surface area (Å²) >= 11 is 0. The highest BCUT2D eigenvalue weighted by molar-refractivity contribution is 5.06. The first-order chi connectivity index (χ1) is 9.47. The zero-order valence-electron chi connectivity index (χ0n) is 12.8. The van der Waals surface area contributed by atoms with Crippen LogP contribution in [0.15, 0.2) is 12.4 Å². The molecule has 2 aliphatic heterocycles. The molecule has 5 nitrogen and oxygen atoms in total. The van der Waals surface area contributed by atoms with Crippen molar-refractivity contribution >= 4 is 0 Å². The van der Waals surface area contributed by atoms with Crippen LogP contribution in [0.25, 0.3) is 0 Å². The fourth-order valence-corrected chi connectivity index (χ4v) is 3.01. The van der Waals surface area contributed by atoms with E-state index in [1.165, 1.54) is 5.56 Å². The lowest BCUT2D eigenvalue weighted by molar-refractivity contribution is -0.190. The summed E-state index contributed by atoms with van der Waals surface area (Å²) in [5, 5.41) is 4.47. The molecule has 3 heterocycles. The molecule has 0 radical (unpaired) electrons. The van der Waals surface area contributed by atoms with E-state index in [2.05, 4.69) is 37.0 Å². The predicted molar refractivity (Wildman–Crippen MR) is 76.4 cm³/mol. The number of ether oxygens (including phenoxy) is 2. The van der Waals surface area contributed by atoms with Crippen molar-refractivity contribution in [3.63, 3.8) is 0 Å². The van der Waals surface area contributed by atoms with Crippen molar-refractivity contribution < 1.29 is 9.47 Å². The molecule has 2 saturated heterocycles. The number of nitrogens with zero attached hydrogens (tertiary/aromatic N) is 3. The third kappa shape index (κ3) is 2.90. The molecule has 0 saturated carbocycles. The van der Waals surface area contributed by atoms with Crippen LogP contribution >= 0.6 is 0 Å². The first kappa shape index (κ1) is 14.0. The first-order valence-electron chi connectivity index (χ1n) is 7.51. The molecule has 0 aliphatic carbocycles. The minimum absolute atomic E-state index is 0.0407. The van der Waals surface area contributed by atoms with E-state index in [9.17, 15) is 0 Å². The molecule has 0 aromatic carbocycles. The smallest absolute Gasteiger partial charge is 0.181 e. The molecule has 0 amide bonds. The summed E-state index contributed by atoms with van der Waals surface area (Å²) in [5.41, 5.74) is 1.30. The number of piperidine rings is 1. The fourth-order valence-electron chi connectivity index (χ4n) is 3.01. The van der Waals surface area contributed by atoms with E-state index < -0.39 is 0 Å². The molecule has 2 aliphatic rings. The van der Waals surface area contributed by atoms with Gasteiger partial charge in [0.25, 0.3) is 0 Å². The fraction of sp³-hybridized carbons (Fsp3) is 0.800. The van der Waals surface area contributed by atoms with Gasteiger partial charge in [0.2, 0.25) is 0 Å². The van der Waals surface area contributed by atoms with Crippen LogP contribution in [-0.2, 0) is 21.6 Å². The maximum atomic E-state index is 5.82. The standard InChI is InChI=1S/C15H25N3O2/c1-14(2,3)18-11-13(9-16-18)10-17-6-4-5-15(12-17)19-7-8-20-15/h9,11H,4-8,10,12H2,1-3H3. The Kier molecular flexibility index (Phi) is 3.60. The molecule has 1 spiro atoms. The monoisotopic (exact) mass is 279 g/mol. The summed E-state index contributed by atoms with van der Waals surface area (Å²) in [4.78, 5) is 2.42. The Morgan fingerprint density at radius 1 is 1.30 bits per heavy atom. The summed E-state index contributed by atoms with van der Waals surface area (Å²) in [6, 6.07) is 0. The molecule has 5 heteroatoms. The minimum Gasteiger partial charge on any atom is -0.346 e. The zero-order chi connectivity index (χ0) is 14.2. The Bertz CT molecular complexity index is 458. The molecule has 0 N–H and O–H groups in total. The van der Waals surface area contributed by atoms with E-state index in [1.807, 2.05) is 10.9 Å². The minimum atomic E-state index is -0.335. The lowest BCUT2D eigenvalue weighted by Gasteiger charge is -2.38.